The molecule has 1 aliphatic heterocycles. The molecule has 1 fully saturated rings. The van der Waals surface area contributed by atoms with E-state index >= 15 is 0 Å². The highest BCUT2D eigenvalue weighted by atomic mass is 15.6. The largest absolute Gasteiger partial charge is 0.309 e. The molecule has 1 unspecified atom stereocenters. The molecule has 2 rings (SSSR count). The van der Waals surface area contributed by atoms with Crippen molar-refractivity contribution in [2.45, 2.75) is 73.6 Å². The van der Waals surface area contributed by atoms with E-state index in [2.05, 4.69) is 63.0 Å². The molecule has 152 valence electrons. The van der Waals surface area contributed by atoms with Crippen LogP contribution in [0.15, 0.2) is 11.6 Å². The SMILES string of the molecule is CC.CC.CC1=CCC(CN(C)C)CC1.CC1CCN(N(C)C)CC1. The van der Waals surface area contributed by atoms with Gasteiger partial charge < -0.3 is 4.90 Å². The summed E-state index contributed by atoms with van der Waals surface area (Å²) in [5.41, 5.74) is 1.58. The molecule has 0 amide bonds. The molecular weight excluding hydrogens is 306 g/mol. The molecule has 1 aliphatic carbocycles. The van der Waals surface area contributed by atoms with Crippen LogP contribution in [0.4, 0.5) is 0 Å². The number of hydrogen-bond acceptors (Lipinski definition) is 3. The Morgan fingerprint density at radius 2 is 1.48 bits per heavy atom. The minimum Gasteiger partial charge on any atom is -0.309 e. The lowest BCUT2D eigenvalue weighted by Gasteiger charge is -2.34. The van der Waals surface area contributed by atoms with Gasteiger partial charge >= 0.3 is 0 Å². The number of nitrogens with zero attached hydrogens (tertiary/aromatic N) is 3. The molecule has 2 aliphatic rings. The first kappa shape index (κ1) is 26.8. The predicted molar refractivity (Wildman–Crippen MR) is 116 cm³/mol. The summed E-state index contributed by atoms with van der Waals surface area (Å²) in [7, 11) is 8.56. The van der Waals surface area contributed by atoms with Gasteiger partial charge in [0, 0.05) is 33.7 Å². The third kappa shape index (κ3) is 14.5. The minimum atomic E-state index is 0.911. The van der Waals surface area contributed by atoms with Gasteiger partial charge in [0.1, 0.15) is 0 Å². The summed E-state index contributed by atoms with van der Waals surface area (Å²) in [6, 6.07) is 0. The molecule has 1 atom stereocenters. The van der Waals surface area contributed by atoms with Crippen LogP contribution < -0.4 is 0 Å². The molecule has 0 aromatic carbocycles. The average molecular weight is 356 g/mol. The van der Waals surface area contributed by atoms with Crippen molar-refractivity contribution in [3.63, 3.8) is 0 Å². The highest BCUT2D eigenvalue weighted by Gasteiger charge is 2.16. The lowest BCUT2D eigenvalue weighted by molar-refractivity contribution is -0.00410. The van der Waals surface area contributed by atoms with Crippen molar-refractivity contribution in [2.75, 3.05) is 47.8 Å². The van der Waals surface area contributed by atoms with Gasteiger partial charge in [-0.05, 0) is 65.0 Å². The zero-order valence-corrected chi connectivity index (χ0v) is 19.2. The summed E-state index contributed by atoms with van der Waals surface area (Å²) in [5.74, 6) is 1.85. The number of piperidine rings is 1. The van der Waals surface area contributed by atoms with Crippen LogP contribution >= 0.6 is 0 Å². The molecule has 0 N–H and O–H groups in total. The summed E-state index contributed by atoms with van der Waals surface area (Å²) in [5, 5.41) is 4.60. The van der Waals surface area contributed by atoms with Crippen molar-refractivity contribution in [3.8, 4) is 0 Å². The van der Waals surface area contributed by atoms with E-state index in [9.17, 15) is 0 Å². The van der Waals surface area contributed by atoms with Crippen LogP contribution in [0.3, 0.4) is 0 Å². The van der Waals surface area contributed by atoms with Gasteiger partial charge in [0.15, 0.2) is 0 Å². The number of rotatable bonds is 3. The number of hydrogen-bond donors (Lipinski definition) is 0. The van der Waals surface area contributed by atoms with E-state index in [0.29, 0.717) is 0 Å². The van der Waals surface area contributed by atoms with Crippen molar-refractivity contribution < 1.29 is 0 Å². The highest BCUT2D eigenvalue weighted by molar-refractivity contribution is 5.02. The summed E-state index contributed by atoms with van der Waals surface area (Å²) in [6.07, 6.45) is 9.12. The van der Waals surface area contributed by atoms with Crippen molar-refractivity contribution >= 4 is 0 Å². The second-order valence-corrected chi connectivity index (χ2v) is 7.44. The Morgan fingerprint density at radius 1 is 0.960 bits per heavy atom. The molecule has 1 saturated heterocycles. The van der Waals surface area contributed by atoms with Crippen LogP contribution in [0.5, 0.6) is 0 Å². The molecule has 0 aromatic rings. The maximum absolute atomic E-state index is 2.40. The Labute approximate surface area is 160 Å². The molecule has 0 aromatic heterocycles. The molecule has 0 saturated carbocycles. The van der Waals surface area contributed by atoms with Gasteiger partial charge in [-0.15, -0.1) is 0 Å². The fourth-order valence-electron chi connectivity index (χ4n) is 3.10. The van der Waals surface area contributed by atoms with Crippen LogP contribution in [-0.2, 0) is 0 Å². The van der Waals surface area contributed by atoms with Crippen LogP contribution in [0.2, 0.25) is 0 Å². The van der Waals surface area contributed by atoms with E-state index < -0.39 is 0 Å². The normalized spacial score (nSPS) is 21.3. The smallest absolute Gasteiger partial charge is 0.0135 e. The Morgan fingerprint density at radius 3 is 1.84 bits per heavy atom. The fourth-order valence-corrected chi connectivity index (χ4v) is 3.10. The van der Waals surface area contributed by atoms with Crippen molar-refractivity contribution in [1.82, 2.24) is 14.9 Å². The van der Waals surface area contributed by atoms with E-state index in [1.165, 1.54) is 51.7 Å². The highest BCUT2D eigenvalue weighted by Crippen LogP contribution is 2.23. The first-order valence-corrected chi connectivity index (χ1v) is 10.6. The summed E-state index contributed by atoms with van der Waals surface area (Å²) < 4.78 is 0. The number of hydrazine groups is 1. The maximum Gasteiger partial charge on any atom is 0.0135 e. The van der Waals surface area contributed by atoms with Crippen LogP contribution in [-0.4, -0.2) is 62.7 Å². The van der Waals surface area contributed by atoms with Crippen LogP contribution in [0, 0.1) is 11.8 Å². The van der Waals surface area contributed by atoms with Gasteiger partial charge in [-0.1, -0.05) is 46.3 Å². The zero-order valence-electron chi connectivity index (χ0n) is 19.2. The monoisotopic (exact) mass is 355 g/mol. The molecular formula is C22H49N3. The molecule has 3 nitrogen and oxygen atoms in total. The Bertz CT molecular complexity index is 302. The number of allylic oxidation sites excluding steroid dienone is 2. The van der Waals surface area contributed by atoms with E-state index in [1.54, 1.807) is 5.57 Å². The second-order valence-electron chi connectivity index (χ2n) is 7.44. The molecule has 25 heavy (non-hydrogen) atoms. The van der Waals surface area contributed by atoms with Crippen molar-refractivity contribution in [3.05, 3.63) is 11.6 Å². The summed E-state index contributed by atoms with van der Waals surface area (Å²) in [4.78, 5) is 2.29. The third-order valence-corrected chi connectivity index (χ3v) is 4.70. The topological polar surface area (TPSA) is 9.72 Å². The van der Waals surface area contributed by atoms with E-state index in [0.717, 1.165) is 11.8 Å². The molecule has 0 radical (unpaired) electrons. The zero-order chi connectivity index (χ0) is 19.8. The molecule has 0 bridgehead atoms. The minimum absolute atomic E-state index is 0.911. The van der Waals surface area contributed by atoms with Gasteiger partial charge in [0.2, 0.25) is 0 Å². The molecule has 0 spiro atoms. The Balaban J connectivity index is 0. The van der Waals surface area contributed by atoms with E-state index in [-0.39, 0.29) is 0 Å². The summed E-state index contributed by atoms with van der Waals surface area (Å²) in [6.45, 7) is 16.3. The first-order valence-electron chi connectivity index (χ1n) is 10.6. The standard InChI is InChI=1S/C10H19N.C8H18N2.2C2H6/c1-9-4-6-10(7-5-9)8-11(2)3;1-8-4-6-10(7-5-8)9(2)3;2*1-2/h4,10H,5-8H2,1-3H3;8H,4-7H2,1-3H3;2*1-2H3. The molecule has 1 heterocycles. The van der Waals surface area contributed by atoms with Gasteiger partial charge in [-0.3, -0.25) is 0 Å². The van der Waals surface area contributed by atoms with Gasteiger partial charge in [-0.2, -0.15) is 0 Å². The second kappa shape index (κ2) is 17.1. The lowest BCUT2D eigenvalue weighted by Crippen LogP contribution is -2.42. The Hall–Kier alpha value is -0.380. The van der Waals surface area contributed by atoms with Crippen LogP contribution in [0.1, 0.15) is 73.6 Å². The van der Waals surface area contributed by atoms with Crippen molar-refractivity contribution in [1.29, 1.82) is 0 Å². The lowest BCUT2D eigenvalue weighted by atomic mass is 9.90. The first-order chi connectivity index (χ1) is 11.9. The fraction of sp³-hybridized carbons (Fsp3) is 0.909. The third-order valence-electron chi connectivity index (χ3n) is 4.70. The molecule has 3 heteroatoms. The van der Waals surface area contributed by atoms with E-state index in [4.69, 9.17) is 0 Å². The van der Waals surface area contributed by atoms with E-state index in [1.807, 2.05) is 27.7 Å². The van der Waals surface area contributed by atoms with Gasteiger partial charge in [0.05, 0.1) is 0 Å². The van der Waals surface area contributed by atoms with Crippen molar-refractivity contribution in [2.24, 2.45) is 11.8 Å². The quantitative estimate of drug-likeness (QED) is 0.615. The Kier molecular flexibility index (Phi) is 18.3. The summed E-state index contributed by atoms with van der Waals surface area (Å²) >= 11 is 0. The van der Waals surface area contributed by atoms with Crippen LogP contribution in [0.25, 0.3) is 0 Å². The van der Waals surface area contributed by atoms with Gasteiger partial charge in [-0.25, -0.2) is 10.0 Å². The predicted octanol–water partition coefficient (Wildman–Crippen LogP) is 5.54. The van der Waals surface area contributed by atoms with Gasteiger partial charge in [0.25, 0.3) is 0 Å². The average Bonchev–Trinajstić information content (AvgIpc) is 2.61. The maximum atomic E-state index is 2.40.